The number of hydrogen-bond donors (Lipinski definition) is 3. The number of carbonyl (C=O) groups excluding carboxylic acids is 2. The molecule has 0 radical (unpaired) electrons. The van der Waals surface area contributed by atoms with E-state index in [0.717, 1.165) is 12.8 Å². The zero-order valence-corrected chi connectivity index (χ0v) is 10.7. The smallest absolute Gasteiger partial charge is 0.326 e. The second-order valence-corrected chi connectivity index (χ2v) is 5.37. The molecule has 7 heteroatoms. The largest absolute Gasteiger partial charge is 0.480 e. The molecule has 2 aliphatic rings. The molecule has 2 rings (SSSR count). The first-order chi connectivity index (χ1) is 8.97. The molecule has 4 N–H and O–H groups in total. The quantitative estimate of drug-likeness (QED) is 0.653. The molecule has 3 atom stereocenters. The van der Waals surface area contributed by atoms with Gasteiger partial charge in [-0.05, 0) is 24.7 Å². The molecule has 0 aromatic heterocycles. The molecule has 19 heavy (non-hydrogen) atoms. The molecule has 0 bridgehead atoms. The maximum atomic E-state index is 12.0. The molecular formula is C12H19N3O4. The van der Waals surface area contributed by atoms with Gasteiger partial charge in [0.2, 0.25) is 5.91 Å². The third kappa shape index (κ3) is 3.15. The van der Waals surface area contributed by atoms with Crippen LogP contribution in [0.5, 0.6) is 0 Å². The summed E-state index contributed by atoms with van der Waals surface area (Å²) in [5, 5.41) is 11.3. The van der Waals surface area contributed by atoms with E-state index in [9.17, 15) is 14.4 Å². The van der Waals surface area contributed by atoms with E-state index in [4.69, 9.17) is 10.8 Å². The van der Waals surface area contributed by atoms with Crippen LogP contribution in [-0.2, 0) is 9.59 Å². The molecule has 1 saturated carbocycles. The zero-order chi connectivity index (χ0) is 14.0. The van der Waals surface area contributed by atoms with Gasteiger partial charge >= 0.3 is 12.0 Å². The maximum absolute atomic E-state index is 12.0. The van der Waals surface area contributed by atoms with Crippen LogP contribution in [0.1, 0.15) is 25.7 Å². The Balaban J connectivity index is 1.89. The topological polar surface area (TPSA) is 113 Å². The van der Waals surface area contributed by atoms with Crippen LogP contribution in [0.2, 0.25) is 0 Å². The Morgan fingerprint density at radius 3 is 2.32 bits per heavy atom. The van der Waals surface area contributed by atoms with Crippen molar-refractivity contribution in [3.8, 4) is 0 Å². The van der Waals surface area contributed by atoms with Crippen molar-refractivity contribution < 1.29 is 19.5 Å². The molecular weight excluding hydrogens is 250 g/mol. The summed E-state index contributed by atoms with van der Waals surface area (Å²) in [5.41, 5.74) is 4.97. The van der Waals surface area contributed by atoms with Gasteiger partial charge in [0.25, 0.3) is 0 Å². The fourth-order valence-electron chi connectivity index (χ4n) is 3.04. The predicted molar refractivity (Wildman–Crippen MR) is 66.2 cm³/mol. The molecule has 1 heterocycles. The van der Waals surface area contributed by atoms with E-state index in [1.807, 2.05) is 0 Å². The third-order valence-electron chi connectivity index (χ3n) is 4.01. The summed E-state index contributed by atoms with van der Waals surface area (Å²) in [6.07, 6.45) is 3.10. The highest BCUT2D eigenvalue weighted by atomic mass is 16.4. The lowest BCUT2D eigenvalue weighted by atomic mass is 10.0. The second kappa shape index (κ2) is 5.46. The molecule has 1 saturated heterocycles. The van der Waals surface area contributed by atoms with Crippen LogP contribution in [0.3, 0.4) is 0 Å². The molecule has 0 spiro atoms. The summed E-state index contributed by atoms with van der Waals surface area (Å²) in [6.45, 7) is 1.36. The number of carboxylic acid groups (broad SMARTS) is 1. The average Bonchev–Trinajstić information content (AvgIpc) is 2.86. The predicted octanol–water partition coefficient (Wildman–Crippen LogP) is -0.244. The Morgan fingerprint density at radius 2 is 1.84 bits per heavy atom. The van der Waals surface area contributed by atoms with Crippen LogP contribution in [0.4, 0.5) is 4.79 Å². The number of urea groups is 1. The molecule has 106 valence electrons. The van der Waals surface area contributed by atoms with Crippen LogP contribution in [-0.4, -0.2) is 47.0 Å². The highest BCUT2D eigenvalue weighted by Gasteiger charge is 2.38. The molecule has 7 nitrogen and oxygen atoms in total. The van der Waals surface area contributed by atoms with Crippen LogP contribution < -0.4 is 11.1 Å². The van der Waals surface area contributed by atoms with Crippen molar-refractivity contribution in [3.05, 3.63) is 0 Å². The van der Waals surface area contributed by atoms with Gasteiger partial charge in [-0.3, -0.25) is 4.79 Å². The number of amides is 3. The Bertz CT molecular complexity index is 386. The molecule has 2 fully saturated rings. The van der Waals surface area contributed by atoms with Gasteiger partial charge in [0.1, 0.15) is 6.04 Å². The number of primary amides is 1. The van der Waals surface area contributed by atoms with Crippen molar-refractivity contribution in [1.82, 2.24) is 10.2 Å². The van der Waals surface area contributed by atoms with Crippen molar-refractivity contribution in [3.63, 3.8) is 0 Å². The molecule has 0 aromatic rings. The first-order valence-electron chi connectivity index (χ1n) is 6.54. The van der Waals surface area contributed by atoms with Gasteiger partial charge in [-0.1, -0.05) is 6.42 Å². The van der Waals surface area contributed by atoms with Crippen molar-refractivity contribution >= 4 is 17.9 Å². The minimum atomic E-state index is -1.24. The Morgan fingerprint density at radius 1 is 1.26 bits per heavy atom. The lowest BCUT2D eigenvalue weighted by Gasteiger charge is -2.21. The first kappa shape index (κ1) is 13.6. The lowest BCUT2D eigenvalue weighted by molar-refractivity contribution is -0.140. The van der Waals surface area contributed by atoms with Crippen LogP contribution in [0.15, 0.2) is 0 Å². The van der Waals surface area contributed by atoms with Crippen LogP contribution in [0.25, 0.3) is 0 Å². The number of nitrogens with two attached hydrogens (primary N) is 1. The Labute approximate surface area is 111 Å². The molecule has 0 aromatic carbocycles. The molecule has 1 aliphatic carbocycles. The Kier molecular flexibility index (Phi) is 3.92. The average molecular weight is 269 g/mol. The van der Waals surface area contributed by atoms with E-state index in [1.54, 1.807) is 4.90 Å². The number of nitrogens with zero attached hydrogens (tertiary/aromatic N) is 1. The van der Waals surface area contributed by atoms with Gasteiger partial charge < -0.3 is 21.1 Å². The number of aliphatic carboxylic acids is 1. The van der Waals surface area contributed by atoms with Crippen molar-refractivity contribution in [2.24, 2.45) is 17.6 Å². The van der Waals surface area contributed by atoms with Gasteiger partial charge in [0, 0.05) is 13.1 Å². The summed E-state index contributed by atoms with van der Waals surface area (Å²) >= 11 is 0. The van der Waals surface area contributed by atoms with E-state index in [2.05, 4.69) is 5.32 Å². The van der Waals surface area contributed by atoms with Gasteiger partial charge in [-0.25, -0.2) is 9.59 Å². The fourth-order valence-corrected chi connectivity index (χ4v) is 3.04. The normalized spacial score (nSPS) is 26.8. The minimum absolute atomic E-state index is 0.387. The lowest BCUT2D eigenvalue weighted by Crippen LogP contribution is -2.48. The third-order valence-corrected chi connectivity index (χ3v) is 4.01. The van der Waals surface area contributed by atoms with Gasteiger partial charge in [0.05, 0.1) is 6.42 Å². The number of rotatable bonds is 4. The molecule has 3 amide bonds. The minimum Gasteiger partial charge on any atom is -0.480 e. The highest BCUT2D eigenvalue weighted by Crippen LogP contribution is 2.37. The van der Waals surface area contributed by atoms with E-state index >= 15 is 0 Å². The van der Waals surface area contributed by atoms with Crippen molar-refractivity contribution in [2.45, 2.75) is 31.7 Å². The van der Waals surface area contributed by atoms with Gasteiger partial charge in [-0.15, -0.1) is 0 Å². The van der Waals surface area contributed by atoms with E-state index < -0.39 is 23.9 Å². The van der Waals surface area contributed by atoms with Crippen LogP contribution in [0, 0.1) is 11.8 Å². The van der Waals surface area contributed by atoms with Crippen LogP contribution >= 0.6 is 0 Å². The summed E-state index contributed by atoms with van der Waals surface area (Å²) in [7, 11) is 0. The van der Waals surface area contributed by atoms with E-state index in [0.29, 0.717) is 24.9 Å². The van der Waals surface area contributed by atoms with Crippen molar-refractivity contribution in [2.75, 3.05) is 13.1 Å². The zero-order valence-electron chi connectivity index (χ0n) is 10.7. The van der Waals surface area contributed by atoms with Crippen molar-refractivity contribution in [1.29, 1.82) is 0 Å². The number of likely N-dealkylation sites (tertiary alicyclic amines) is 1. The first-order valence-corrected chi connectivity index (χ1v) is 6.54. The summed E-state index contributed by atoms with van der Waals surface area (Å²) in [5.74, 6) is -0.895. The van der Waals surface area contributed by atoms with E-state index in [1.165, 1.54) is 6.42 Å². The number of carbonyl (C=O) groups is 3. The molecule has 1 aliphatic heterocycles. The van der Waals surface area contributed by atoms with Gasteiger partial charge in [0.15, 0.2) is 0 Å². The number of fused-ring (bicyclic) bond motifs is 1. The second-order valence-electron chi connectivity index (χ2n) is 5.37. The fraction of sp³-hybridized carbons (Fsp3) is 0.750. The number of carboxylic acids is 1. The maximum Gasteiger partial charge on any atom is 0.326 e. The molecule has 3 unspecified atom stereocenters. The Hall–Kier alpha value is -1.79. The monoisotopic (exact) mass is 269 g/mol. The SMILES string of the molecule is NC(=O)CC(NC(=O)N1CC2CCCC2C1)C(=O)O. The number of hydrogen-bond acceptors (Lipinski definition) is 3. The van der Waals surface area contributed by atoms with E-state index in [-0.39, 0.29) is 6.42 Å². The summed E-state index contributed by atoms with van der Waals surface area (Å²) < 4.78 is 0. The summed E-state index contributed by atoms with van der Waals surface area (Å²) in [6, 6.07) is -1.66. The number of nitrogens with one attached hydrogen (secondary N) is 1. The van der Waals surface area contributed by atoms with Gasteiger partial charge in [-0.2, -0.15) is 0 Å². The summed E-state index contributed by atoms with van der Waals surface area (Å²) in [4.78, 5) is 35.3. The highest BCUT2D eigenvalue weighted by molar-refractivity contribution is 5.87. The standard InChI is InChI=1S/C12H19N3O4/c13-10(16)4-9(11(17)18)14-12(19)15-5-7-2-1-3-8(7)6-15/h7-9H,1-6H2,(H2,13,16)(H,14,19)(H,17,18).